The fourth-order valence-electron chi connectivity index (χ4n) is 1.55. The molecule has 5 heteroatoms. The fourth-order valence-corrected chi connectivity index (χ4v) is 2.24. The summed E-state index contributed by atoms with van der Waals surface area (Å²) in [5.41, 5.74) is 1.19. The van der Waals surface area contributed by atoms with Crippen molar-refractivity contribution in [2.45, 2.75) is 0 Å². The van der Waals surface area contributed by atoms with E-state index in [0.29, 0.717) is 11.3 Å². The first-order valence-electron chi connectivity index (χ1n) is 5.91. The number of anilines is 1. The third-order valence-electron chi connectivity index (χ3n) is 2.52. The number of halogens is 1. The topological polar surface area (TPSA) is 46.2 Å². The third kappa shape index (κ3) is 4.05. The van der Waals surface area contributed by atoms with E-state index in [2.05, 4.69) is 5.32 Å². The average Bonchev–Trinajstić information content (AvgIpc) is 2.98. The summed E-state index contributed by atoms with van der Waals surface area (Å²) >= 11 is 6.97. The Morgan fingerprint density at radius 1 is 1.20 bits per heavy atom. The maximum atomic E-state index is 11.9. The van der Waals surface area contributed by atoms with Gasteiger partial charge in [0.15, 0.2) is 5.78 Å². The van der Waals surface area contributed by atoms with Crippen LogP contribution in [0.2, 0.25) is 0 Å². The summed E-state index contributed by atoms with van der Waals surface area (Å²) in [7, 11) is 0. The van der Waals surface area contributed by atoms with Gasteiger partial charge in [0.2, 0.25) is 5.91 Å². The van der Waals surface area contributed by atoms with Crippen LogP contribution in [-0.2, 0) is 4.79 Å². The van der Waals surface area contributed by atoms with Crippen LogP contribution in [0, 0.1) is 0 Å². The molecule has 2 aromatic rings. The van der Waals surface area contributed by atoms with Gasteiger partial charge in [-0.05, 0) is 47.9 Å². The van der Waals surface area contributed by atoms with Gasteiger partial charge in [-0.3, -0.25) is 9.59 Å². The van der Waals surface area contributed by atoms with Gasteiger partial charge in [-0.25, -0.2) is 0 Å². The Kier molecular flexibility index (Phi) is 5.09. The lowest BCUT2D eigenvalue weighted by Gasteiger charge is -2.03. The van der Waals surface area contributed by atoms with Crippen LogP contribution >= 0.6 is 22.9 Å². The van der Waals surface area contributed by atoms with Crippen molar-refractivity contribution in [3.8, 4) is 0 Å². The molecule has 0 saturated heterocycles. The second kappa shape index (κ2) is 7.03. The van der Waals surface area contributed by atoms with Gasteiger partial charge in [-0.1, -0.05) is 6.07 Å². The highest BCUT2D eigenvalue weighted by Crippen LogP contribution is 2.13. The van der Waals surface area contributed by atoms with Gasteiger partial charge in [-0.15, -0.1) is 22.9 Å². The number of benzene rings is 1. The van der Waals surface area contributed by atoms with Crippen LogP contribution in [0.1, 0.15) is 15.2 Å². The summed E-state index contributed by atoms with van der Waals surface area (Å²) in [6, 6.07) is 10.6. The van der Waals surface area contributed by atoms with E-state index in [4.69, 9.17) is 11.6 Å². The van der Waals surface area contributed by atoms with Crippen LogP contribution in [0.5, 0.6) is 0 Å². The van der Waals surface area contributed by atoms with Crippen molar-refractivity contribution < 1.29 is 9.59 Å². The summed E-state index contributed by atoms with van der Waals surface area (Å²) < 4.78 is 0. The molecule has 0 unspecified atom stereocenters. The molecule has 0 spiro atoms. The molecular weight excluding hydrogens is 294 g/mol. The number of rotatable bonds is 5. The van der Waals surface area contributed by atoms with Crippen molar-refractivity contribution in [2.24, 2.45) is 0 Å². The van der Waals surface area contributed by atoms with Gasteiger partial charge < -0.3 is 5.32 Å². The Morgan fingerprint density at radius 3 is 2.55 bits per heavy atom. The van der Waals surface area contributed by atoms with Gasteiger partial charge in [0.1, 0.15) is 5.88 Å². The second-order valence-electron chi connectivity index (χ2n) is 3.97. The molecule has 0 aliphatic rings. The number of hydrogen-bond donors (Lipinski definition) is 1. The van der Waals surface area contributed by atoms with Crippen molar-refractivity contribution in [2.75, 3.05) is 11.2 Å². The molecule has 0 bridgehead atoms. The summed E-state index contributed by atoms with van der Waals surface area (Å²) in [6.07, 6.45) is 3.33. The maximum absolute atomic E-state index is 11.9. The molecule has 3 nitrogen and oxygen atoms in total. The zero-order valence-electron chi connectivity index (χ0n) is 10.5. The average molecular weight is 306 g/mol. The third-order valence-corrected chi connectivity index (χ3v) is 3.60. The monoisotopic (exact) mass is 305 g/mol. The zero-order valence-corrected chi connectivity index (χ0v) is 12.1. The number of nitrogens with one attached hydrogen (secondary N) is 1. The summed E-state index contributed by atoms with van der Waals surface area (Å²) in [5.74, 6) is -0.443. The summed E-state index contributed by atoms with van der Waals surface area (Å²) in [5, 5.41) is 4.57. The highest BCUT2D eigenvalue weighted by Gasteiger charge is 2.03. The molecule has 0 radical (unpaired) electrons. The van der Waals surface area contributed by atoms with Crippen molar-refractivity contribution in [1.82, 2.24) is 0 Å². The van der Waals surface area contributed by atoms with E-state index in [9.17, 15) is 9.59 Å². The van der Waals surface area contributed by atoms with Crippen molar-refractivity contribution in [3.05, 3.63) is 58.3 Å². The summed E-state index contributed by atoms with van der Waals surface area (Å²) in [6.45, 7) is 0. The predicted molar refractivity (Wildman–Crippen MR) is 83.5 cm³/mol. The number of hydrogen-bond acceptors (Lipinski definition) is 3. The number of thiophene rings is 1. The van der Waals surface area contributed by atoms with Gasteiger partial charge in [0.05, 0.1) is 0 Å². The lowest BCUT2D eigenvalue weighted by molar-refractivity contribution is -0.113. The molecule has 102 valence electrons. The molecule has 1 N–H and O–H groups in total. The van der Waals surface area contributed by atoms with Crippen molar-refractivity contribution >= 4 is 46.4 Å². The zero-order chi connectivity index (χ0) is 14.4. The molecule has 1 heterocycles. The van der Waals surface area contributed by atoms with E-state index < -0.39 is 0 Å². The van der Waals surface area contributed by atoms with Gasteiger partial charge in [0.25, 0.3) is 0 Å². The van der Waals surface area contributed by atoms with E-state index in [1.165, 1.54) is 6.08 Å². The maximum Gasteiger partial charge on any atom is 0.239 e. The number of alkyl halides is 1. The first-order chi connectivity index (χ1) is 9.69. The number of carbonyl (C=O) groups excluding carboxylic acids is 2. The molecule has 0 atom stereocenters. The van der Waals surface area contributed by atoms with Crippen molar-refractivity contribution in [1.29, 1.82) is 0 Å². The van der Waals surface area contributed by atoms with E-state index in [0.717, 1.165) is 4.88 Å². The first-order valence-corrected chi connectivity index (χ1v) is 7.32. The van der Waals surface area contributed by atoms with Crippen LogP contribution in [-0.4, -0.2) is 17.6 Å². The van der Waals surface area contributed by atoms with E-state index >= 15 is 0 Å². The minimum absolute atomic E-state index is 0.0754. The van der Waals surface area contributed by atoms with Crippen LogP contribution in [0.3, 0.4) is 0 Å². The Hall–Kier alpha value is -1.91. The molecule has 2 rings (SSSR count). The Bertz CT molecular complexity index is 618. The largest absolute Gasteiger partial charge is 0.325 e. The van der Waals surface area contributed by atoms with Crippen molar-refractivity contribution in [3.63, 3.8) is 0 Å². The quantitative estimate of drug-likeness (QED) is 0.518. The Labute approximate surface area is 125 Å². The Morgan fingerprint density at radius 2 is 1.95 bits per heavy atom. The molecule has 20 heavy (non-hydrogen) atoms. The molecule has 0 fully saturated rings. The predicted octanol–water partition coefficient (Wildman–Crippen LogP) is 3.82. The van der Waals surface area contributed by atoms with E-state index in [1.54, 1.807) is 41.7 Å². The van der Waals surface area contributed by atoms with Gasteiger partial charge >= 0.3 is 0 Å². The number of carbonyl (C=O) groups is 2. The van der Waals surface area contributed by atoms with Gasteiger partial charge in [0, 0.05) is 16.1 Å². The van der Waals surface area contributed by atoms with Crippen LogP contribution in [0.25, 0.3) is 6.08 Å². The SMILES string of the molecule is O=C(CCl)Nc1ccc(C(=O)C=Cc2cccs2)cc1. The first kappa shape index (κ1) is 14.5. The van der Waals surface area contributed by atoms with E-state index in [1.807, 2.05) is 17.5 Å². The van der Waals surface area contributed by atoms with Crippen LogP contribution in [0.15, 0.2) is 47.9 Å². The minimum atomic E-state index is -0.275. The fraction of sp³-hybridized carbons (Fsp3) is 0.0667. The van der Waals surface area contributed by atoms with Crippen LogP contribution < -0.4 is 5.32 Å². The Balaban J connectivity index is 2.02. The summed E-state index contributed by atoms with van der Waals surface area (Å²) in [4.78, 5) is 24.1. The molecular formula is C15H12ClNO2S. The highest BCUT2D eigenvalue weighted by atomic mass is 35.5. The minimum Gasteiger partial charge on any atom is -0.325 e. The number of amides is 1. The lowest BCUT2D eigenvalue weighted by Crippen LogP contribution is -2.12. The molecule has 0 aliphatic carbocycles. The molecule has 1 amide bonds. The molecule has 1 aromatic heterocycles. The molecule has 0 aliphatic heterocycles. The van der Waals surface area contributed by atoms with Gasteiger partial charge in [-0.2, -0.15) is 0 Å². The standard InChI is InChI=1S/C15H12ClNO2S/c16-10-15(19)17-12-5-3-11(4-6-12)14(18)8-7-13-2-1-9-20-13/h1-9H,10H2,(H,17,19). The number of ketones is 1. The normalized spacial score (nSPS) is 10.7. The van der Waals surface area contributed by atoms with E-state index in [-0.39, 0.29) is 17.6 Å². The molecule has 1 aromatic carbocycles. The highest BCUT2D eigenvalue weighted by molar-refractivity contribution is 7.10. The number of allylic oxidation sites excluding steroid dienone is 1. The molecule has 0 saturated carbocycles. The smallest absolute Gasteiger partial charge is 0.239 e. The second-order valence-corrected chi connectivity index (χ2v) is 5.22. The van der Waals surface area contributed by atoms with Crippen LogP contribution in [0.4, 0.5) is 5.69 Å². The lowest BCUT2D eigenvalue weighted by atomic mass is 10.1.